The summed E-state index contributed by atoms with van der Waals surface area (Å²) in [6.07, 6.45) is 0. The smallest absolute Gasteiger partial charge is 0.0589 e. The molecule has 1 aromatic carbocycles. The molecule has 0 spiro atoms. The van der Waals surface area contributed by atoms with Gasteiger partial charge in [0.15, 0.2) is 0 Å². The Labute approximate surface area is 122 Å². The molecule has 20 heavy (non-hydrogen) atoms. The fourth-order valence-corrected chi connectivity index (χ4v) is 2.27. The quantitative estimate of drug-likeness (QED) is 0.750. The van der Waals surface area contributed by atoms with E-state index in [1.54, 1.807) is 14.2 Å². The van der Waals surface area contributed by atoms with Gasteiger partial charge in [0, 0.05) is 39.9 Å². The van der Waals surface area contributed by atoms with E-state index < -0.39 is 0 Å². The van der Waals surface area contributed by atoms with Crippen LogP contribution in [0.3, 0.4) is 0 Å². The van der Waals surface area contributed by atoms with E-state index in [9.17, 15) is 0 Å². The van der Waals surface area contributed by atoms with E-state index >= 15 is 0 Å². The van der Waals surface area contributed by atoms with Crippen molar-refractivity contribution in [2.45, 2.75) is 19.9 Å². The van der Waals surface area contributed by atoms with Gasteiger partial charge in [0.25, 0.3) is 0 Å². The Morgan fingerprint density at radius 1 is 1.10 bits per heavy atom. The number of methoxy groups -OCH3 is 2. The highest BCUT2D eigenvalue weighted by Crippen LogP contribution is 2.18. The van der Waals surface area contributed by atoms with Gasteiger partial charge >= 0.3 is 0 Å². The highest BCUT2D eigenvalue weighted by Gasteiger charge is 2.14. The highest BCUT2D eigenvalue weighted by molar-refractivity contribution is 5.33. The van der Waals surface area contributed by atoms with Gasteiger partial charge in [0.2, 0.25) is 0 Å². The molecule has 0 saturated carbocycles. The van der Waals surface area contributed by atoms with Crippen molar-refractivity contribution in [2.75, 3.05) is 47.1 Å². The minimum atomic E-state index is 0.0172. The van der Waals surface area contributed by atoms with Gasteiger partial charge in [-0.05, 0) is 25.0 Å². The van der Waals surface area contributed by atoms with E-state index in [0.717, 1.165) is 19.6 Å². The zero-order valence-electron chi connectivity index (χ0n) is 13.2. The second kappa shape index (κ2) is 9.08. The molecule has 4 heteroatoms. The highest BCUT2D eigenvalue weighted by atomic mass is 16.5. The lowest BCUT2D eigenvalue weighted by molar-refractivity contribution is 0.110. The van der Waals surface area contributed by atoms with Crippen molar-refractivity contribution in [3.8, 4) is 0 Å². The van der Waals surface area contributed by atoms with Crippen LogP contribution < -0.4 is 5.73 Å². The summed E-state index contributed by atoms with van der Waals surface area (Å²) < 4.78 is 10.3. The zero-order valence-corrected chi connectivity index (χ0v) is 13.2. The van der Waals surface area contributed by atoms with Crippen molar-refractivity contribution in [3.05, 3.63) is 34.9 Å². The van der Waals surface area contributed by atoms with Crippen LogP contribution in [-0.4, -0.2) is 52.0 Å². The Morgan fingerprint density at radius 3 is 2.25 bits per heavy atom. The number of rotatable bonds is 9. The first-order valence-electron chi connectivity index (χ1n) is 7.11. The maximum Gasteiger partial charge on any atom is 0.0589 e. The summed E-state index contributed by atoms with van der Waals surface area (Å²) in [4.78, 5) is 2.29. The molecule has 0 bridgehead atoms. The molecule has 2 N–H and O–H groups in total. The van der Waals surface area contributed by atoms with Gasteiger partial charge in [0.1, 0.15) is 0 Å². The molecule has 0 amide bonds. The Bertz CT molecular complexity index is 388. The maximum absolute atomic E-state index is 6.39. The predicted octanol–water partition coefficient (Wildman–Crippen LogP) is 1.90. The maximum atomic E-state index is 6.39. The molecule has 0 aromatic heterocycles. The number of nitrogens with zero attached hydrogens (tertiary/aromatic N) is 1. The van der Waals surface area contributed by atoms with Crippen molar-refractivity contribution in [2.24, 2.45) is 5.73 Å². The number of benzene rings is 1. The van der Waals surface area contributed by atoms with Crippen LogP contribution in [0, 0.1) is 13.8 Å². The van der Waals surface area contributed by atoms with Gasteiger partial charge < -0.3 is 15.2 Å². The third kappa shape index (κ3) is 5.59. The first-order valence-corrected chi connectivity index (χ1v) is 7.11. The molecule has 1 atom stereocenters. The fraction of sp³-hybridized carbons (Fsp3) is 0.625. The summed E-state index contributed by atoms with van der Waals surface area (Å²) in [6, 6.07) is 6.46. The monoisotopic (exact) mass is 280 g/mol. The number of ether oxygens (including phenoxy) is 2. The van der Waals surface area contributed by atoms with Crippen molar-refractivity contribution in [3.63, 3.8) is 0 Å². The van der Waals surface area contributed by atoms with Crippen LogP contribution in [0.25, 0.3) is 0 Å². The lowest BCUT2D eigenvalue weighted by Gasteiger charge is -2.26. The van der Waals surface area contributed by atoms with Crippen LogP contribution in [0.4, 0.5) is 0 Å². The third-order valence-electron chi connectivity index (χ3n) is 3.51. The van der Waals surface area contributed by atoms with Gasteiger partial charge in [-0.3, -0.25) is 4.90 Å². The molecule has 0 fully saturated rings. The minimum Gasteiger partial charge on any atom is -0.383 e. The van der Waals surface area contributed by atoms with Gasteiger partial charge in [-0.15, -0.1) is 0 Å². The van der Waals surface area contributed by atoms with Crippen LogP contribution in [0.2, 0.25) is 0 Å². The van der Waals surface area contributed by atoms with Crippen LogP contribution in [0.5, 0.6) is 0 Å². The van der Waals surface area contributed by atoms with Gasteiger partial charge in [0.05, 0.1) is 13.2 Å². The second-order valence-corrected chi connectivity index (χ2v) is 5.25. The van der Waals surface area contributed by atoms with E-state index in [4.69, 9.17) is 15.2 Å². The Kier molecular flexibility index (Phi) is 7.77. The molecule has 114 valence electrons. The second-order valence-electron chi connectivity index (χ2n) is 5.25. The summed E-state index contributed by atoms with van der Waals surface area (Å²) in [5.41, 5.74) is 10.1. The van der Waals surface area contributed by atoms with E-state index in [-0.39, 0.29) is 6.04 Å². The predicted molar refractivity (Wildman–Crippen MR) is 83.0 cm³/mol. The first kappa shape index (κ1) is 17.1. The normalized spacial score (nSPS) is 12.9. The Hall–Kier alpha value is -0.940. The molecule has 0 aliphatic carbocycles. The molecule has 4 nitrogen and oxygen atoms in total. The SMILES string of the molecule is COCCN(CCOC)CC(N)c1cc(C)ccc1C. The van der Waals surface area contributed by atoms with E-state index in [1.165, 1.54) is 16.7 Å². The van der Waals surface area contributed by atoms with Gasteiger partial charge in [-0.25, -0.2) is 0 Å². The van der Waals surface area contributed by atoms with Crippen molar-refractivity contribution in [1.29, 1.82) is 0 Å². The molecule has 1 rings (SSSR count). The number of nitrogens with two attached hydrogens (primary N) is 1. The zero-order chi connectivity index (χ0) is 15.0. The molecule has 0 saturated heterocycles. The topological polar surface area (TPSA) is 47.7 Å². The molecular weight excluding hydrogens is 252 g/mol. The fourth-order valence-electron chi connectivity index (χ4n) is 2.27. The standard InChI is InChI=1S/C16H28N2O2/c1-13-5-6-14(2)15(11-13)16(17)12-18(7-9-19-3)8-10-20-4/h5-6,11,16H,7-10,12,17H2,1-4H3. The molecule has 0 aliphatic heterocycles. The summed E-state index contributed by atoms with van der Waals surface area (Å²) >= 11 is 0. The first-order chi connectivity index (χ1) is 9.58. The summed E-state index contributed by atoms with van der Waals surface area (Å²) in [7, 11) is 3.44. The average molecular weight is 280 g/mol. The number of hydrogen-bond acceptors (Lipinski definition) is 4. The molecule has 0 aliphatic rings. The van der Waals surface area contributed by atoms with Crippen molar-refractivity contribution < 1.29 is 9.47 Å². The molecular formula is C16H28N2O2. The van der Waals surface area contributed by atoms with Crippen LogP contribution in [0.15, 0.2) is 18.2 Å². The van der Waals surface area contributed by atoms with Crippen LogP contribution in [0.1, 0.15) is 22.7 Å². The van der Waals surface area contributed by atoms with E-state index in [0.29, 0.717) is 13.2 Å². The van der Waals surface area contributed by atoms with Crippen molar-refractivity contribution >= 4 is 0 Å². The number of hydrogen-bond donors (Lipinski definition) is 1. The molecule has 1 unspecified atom stereocenters. The van der Waals surface area contributed by atoms with Gasteiger partial charge in [-0.1, -0.05) is 23.8 Å². The summed E-state index contributed by atoms with van der Waals surface area (Å²) in [5.74, 6) is 0. The molecule has 0 heterocycles. The lowest BCUT2D eigenvalue weighted by atomic mass is 9.99. The molecule has 0 radical (unpaired) electrons. The van der Waals surface area contributed by atoms with Crippen LogP contribution in [-0.2, 0) is 9.47 Å². The third-order valence-corrected chi connectivity index (χ3v) is 3.51. The number of aryl methyl sites for hydroxylation is 2. The summed E-state index contributed by atoms with van der Waals surface area (Å²) in [5, 5.41) is 0. The Morgan fingerprint density at radius 2 is 1.70 bits per heavy atom. The Balaban J connectivity index is 2.67. The van der Waals surface area contributed by atoms with Gasteiger partial charge in [-0.2, -0.15) is 0 Å². The van der Waals surface area contributed by atoms with Crippen molar-refractivity contribution in [1.82, 2.24) is 4.90 Å². The average Bonchev–Trinajstić information content (AvgIpc) is 2.44. The lowest BCUT2D eigenvalue weighted by Crippen LogP contribution is -2.37. The largest absolute Gasteiger partial charge is 0.383 e. The minimum absolute atomic E-state index is 0.0172. The van der Waals surface area contributed by atoms with Crippen LogP contribution >= 0.6 is 0 Å². The van der Waals surface area contributed by atoms with E-state index in [2.05, 4.69) is 36.9 Å². The van der Waals surface area contributed by atoms with E-state index in [1.807, 2.05) is 0 Å². The summed E-state index contributed by atoms with van der Waals surface area (Å²) in [6.45, 7) is 8.20. The molecule has 1 aromatic rings.